The van der Waals surface area contributed by atoms with Gasteiger partial charge in [0.15, 0.2) is 0 Å². The van der Waals surface area contributed by atoms with Crippen LogP contribution in [0.3, 0.4) is 0 Å². The highest BCUT2D eigenvalue weighted by molar-refractivity contribution is 5.86. The third kappa shape index (κ3) is 7.46. The number of carbonyl (C=O) groups is 1. The fourth-order valence-corrected chi connectivity index (χ4v) is 0.326. The maximum atomic E-state index is 10.4. The van der Waals surface area contributed by atoms with Crippen molar-refractivity contribution in [3.8, 4) is 0 Å². The Morgan fingerprint density at radius 1 is 1.70 bits per heavy atom. The predicted octanol–water partition coefficient (Wildman–Crippen LogP) is 0.625. The highest BCUT2D eigenvalue weighted by atomic mass is 35.5. The van der Waals surface area contributed by atoms with E-state index in [-0.39, 0.29) is 18.3 Å². The molecule has 0 atom stereocenters. The third-order valence-electron chi connectivity index (χ3n) is 0.772. The van der Waals surface area contributed by atoms with Gasteiger partial charge in [0, 0.05) is 6.54 Å². The van der Waals surface area contributed by atoms with Crippen LogP contribution in [0.2, 0.25) is 0 Å². The summed E-state index contributed by atoms with van der Waals surface area (Å²) in [6.07, 6.45) is 2.22. The molecule has 1 amide bonds. The van der Waals surface area contributed by atoms with E-state index in [1.165, 1.54) is 6.08 Å². The molecule has 0 radical (unpaired) electrons. The van der Waals surface area contributed by atoms with Gasteiger partial charge in [-0.1, -0.05) is 13.5 Å². The van der Waals surface area contributed by atoms with E-state index < -0.39 is 0 Å². The molecule has 60 valence electrons. The van der Waals surface area contributed by atoms with Crippen LogP contribution in [0, 0.1) is 0 Å². The smallest absolute Gasteiger partial charge is 0.257 e. The minimum absolute atomic E-state index is 0. The van der Waals surface area contributed by atoms with Gasteiger partial charge in [-0.15, -0.1) is 12.4 Å². The summed E-state index contributed by atoms with van der Waals surface area (Å²) in [6, 6.07) is 0. The Bertz CT molecular complexity index is 106. The molecule has 0 aliphatic rings. The summed E-state index contributed by atoms with van der Waals surface area (Å²) in [6.45, 7) is 6.10. The zero-order chi connectivity index (χ0) is 7.11. The number of rotatable bonds is 4. The van der Waals surface area contributed by atoms with E-state index >= 15 is 0 Å². The van der Waals surface area contributed by atoms with E-state index in [1.54, 1.807) is 0 Å². The molecule has 10 heavy (non-hydrogen) atoms. The van der Waals surface area contributed by atoms with E-state index in [9.17, 15) is 4.79 Å². The zero-order valence-corrected chi connectivity index (χ0v) is 6.83. The molecule has 0 aromatic carbocycles. The largest absolute Gasteiger partial charge is 0.288 e. The molecular formula is C6H13ClN2O. The predicted molar refractivity (Wildman–Crippen MR) is 43.9 cm³/mol. The summed E-state index contributed by atoms with van der Waals surface area (Å²) in [5.41, 5.74) is 5.14. The summed E-state index contributed by atoms with van der Waals surface area (Å²) in [7, 11) is 0. The minimum Gasteiger partial charge on any atom is -0.288 e. The fourth-order valence-electron chi connectivity index (χ4n) is 0.326. The normalized spacial score (nSPS) is 7.70. The summed E-state index contributed by atoms with van der Waals surface area (Å²) < 4.78 is 0. The van der Waals surface area contributed by atoms with Gasteiger partial charge in [0.25, 0.3) is 5.91 Å². The van der Waals surface area contributed by atoms with Gasteiger partial charge in [0.1, 0.15) is 0 Å². The van der Waals surface area contributed by atoms with Gasteiger partial charge in [0.2, 0.25) is 0 Å². The van der Waals surface area contributed by atoms with Crippen molar-refractivity contribution in [2.75, 3.05) is 6.54 Å². The number of hydrazine groups is 1. The molecule has 0 heterocycles. The first-order valence-electron chi connectivity index (χ1n) is 2.96. The van der Waals surface area contributed by atoms with Crippen LogP contribution in [-0.2, 0) is 4.79 Å². The molecule has 0 bridgehead atoms. The summed E-state index contributed by atoms with van der Waals surface area (Å²) in [4.78, 5) is 10.4. The lowest BCUT2D eigenvalue weighted by atomic mass is 10.5. The van der Waals surface area contributed by atoms with Gasteiger partial charge in [0.05, 0.1) is 0 Å². The topological polar surface area (TPSA) is 41.1 Å². The van der Waals surface area contributed by atoms with E-state index in [0.717, 1.165) is 13.0 Å². The first-order chi connectivity index (χ1) is 4.31. The van der Waals surface area contributed by atoms with Crippen LogP contribution in [0.15, 0.2) is 12.7 Å². The van der Waals surface area contributed by atoms with Crippen LogP contribution >= 0.6 is 12.4 Å². The fraction of sp³-hybridized carbons (Fsp3) is 0.500. The molecule has 0 saturated heterocycles. The molecular weight excluding hydrogens is 152 g/mol. The van der Waals surface area contributed by atoms with Crippen molar-refractivity contribution in [2.45, 2.75) is 13.3 Å². The average Bonchev–Trinajstić information content (AvgIpc) is 1.89. The maximum absolute atomic E-state index is 10.4. The van der Waals surface area contributed by atoms with Gasteiger partial charge in [-0.25, -0.2) is 5.43 Å². The number of hydrogen-bond acceptors (Lipinski definition) is 2. The molecule has 0 aliphatic carbocycles. The molecule has 0 aromatic heterocycles. The van der Waals surface area contributed by atoms with Gasteiger partial charge >= 0.3 is 0 Å². The van der Waals surface area contributed by atoms with Gasteiger partial charge in [-0.05, 0) is 12.5 Å². The van der Waals surface area contributed by atoms with Gasteiger partial charge in [-0.2, -0.15) is 0 Å². The third-order valence-corrected chi connectivity index (χ3v) is 0.772. The highest BCUT2D eigenvalue weighted by Crippen LogP contribution is 1.66. The number of carbonyl (C=O) groups excluding carboxylic acids is 1. The number of nitrogens with one attached hydrogen (secondary N) is 2. The van der Waals surface area contributed by atoms with Crippen molar-refractivity contribution in [3.63, 3.8) is 0 Å². The SMILES string of the molecule is C=CC(=O)NNCCC.Cl. The zero-order valence-electron chi connectivity index (χ0n) is 6.02. The van der Waals surface area contributed by atoms with Crippen LogP contribution in [0.4, 0.5) is 0 Å². The van der Waals surface area contributed by atoms with Crippen molar-refractivity contribution in [1.82, 2.24) is 10.9 Å². The quantitative estimate of drug-likeness (QED) is 0.364. The van der Waals surface area contributed by atoms with Crippen LogP contribution in [0.25, 0.3) is 0 Å². The van der Waals surface area contributed by atoms with Gasteiger partial charge < -0.3 is 0 Å². The Balaban J connectivity index is 0. The highest BCUT2D eigenvalue weighted by Gasteiger charge is 1.87. The number of halogens is 1. The Morgan fingerprint density at radius 3 is 2.70 bits per heavy atom. The lowest BCUT2D eigenvalue weighted by Gasteiger charge is -2.00. The van der Waals surface area contributed by atoms with Crippen molar-refractivity contribution in [2.24, 2.45) is 0 Å². The Labute approximate surface area is 67.3 Å². The van der Waals surface area contributed by atoms with Crippen LogP contribution in [0.1, 0.15) is 13.3 Å². The molecule has 4 heteroatoms. The standard InChI is InChI=1S/C6H12N2O.ClH/c1-3-5-7-8-6(9)4-2;/h4,7H,2-3,5H2,1H3,(H,8,9);1H. The maximum Gasteiger partial charge on any atom is 0.257 e. The minimum atomic E-state index is -0.191. The lowest BCUT2D eigenvalue weighted by molar-refractivity contribution is -0.117. The van der Waals surface area contributed by atoms with Crippen LogP contribution in [0.5, 0.6) is 0 Å². The molecule has 3 nitrogen and oxygen atoms in total. The summed E-state index contributed by atoms with van der Waals surface area (Å²) in [5, 5.41) is 0. The van der Waals surface area contributed by atoms with Crippen molar-refractivity contribution in [1.29, 1.82) is 0 Å². The van der Waals surface area contributed by atoms with Crippen LogP contribution < -0.4 is 10.9 Å². The number of hydrogen-bond donors (Lipinski definition) is 2. The van der Waals surface area contributed by atoms with Crippen molar-refractivity contribution in [3.05, 3.63) is 12.7 Å². The van der Waals surface area contributed by atoms with Crippen LogP contribution in [-0.4, -0.2) is 12.5 Å². The first-order valence-corrected chi connectivity index (χ1v) is 2.96. The summed E-state index contributed by atoms with van der Waals surface area (Å²) in [5.74, 6) is -0.191. The van der Waals surface area contributed by atoms with E-state index in [1.807, 2.05) is 6.92 Å². The Kier molecular flexibility index (Phi) is 10.3. The van der Waals surface area contributed by atoms with Gasteiger partial charge in [-0.3, -0.25) is 10.2 Å². The molecule has 0 spiro atoms. The molecule has 0 fully saturated rings. The second kappa shape index (κ2) is 8.46. The molecule has 0 rings (SSSR count). The lowest BCUT2D eigenvalue weighted by Crippen LogP contribution is -2.36. The number of amides is 1. The molecule has 0 saturated carbocycles. The second-order valence-corrected chi connectivity index (χ2v) is 1.62. The second-order valence-electron chi connectivity index (χ2n) is 1.62. The molecule has 2 N–H and O–H groups in total. The van der Waals surface area contributed by atoms with E-state index in [2.05, 4.69) is 17.4 Å². The summed E-state index contributed by atoms with van der Waals surface area (Å²) >= 11 is 0. The molecule has 0 aliphatic heterocycles. The van der Waals surface area contributed by atoms with Crippen molar-refractivity contribution < 1.29 is 4.79 Å². The Morgan fingerprint density at radius 2 is 2.30 bits per heavy atom. The van der Waals surface area contributed by atoms with E-state index in [0.29, 0.717) is 0 Å². The first kappa shape index (κ1) is 12.2. The molecule has 0 unspecified atom stereocenters. The Hall–Kier alpha value is -0.540. The van der Waals surface area contributed by atoms with E-state index in [4.69, 9.17) is 0 Å². The average molecular weight is 165 g/mol. The monoisotopic (exact) mass is 164 g/mol. The van der Waals surface area contributed by atoms with Crippen molar-refractivity contribution >= 4 is 18.3 Å². The molecule has 0 aromatic rings.